The van der Waals surface area contributed by atoms with Gasteiger partial charge in [0.1, 0.15) is 6.33 Å². The number of thioether (sulfide) groups is 1. The van der Waals surface area contributed by atoms with Crippen LogP contribution in [-0.2, 0) is 4.79 Å². The van der Waals surface area contributed by atoms with E-state index in [4.69, 9.17) is 0 Å². The first-order chi connectivity index (χ1) is 14.0. The first-order valence-electron chi connectivity index (χ1n) is 9.99. The minimum atomic E-state index is -0.286. The lowest BCUT2D eigenvalue weighted by Gasteiger charge is -2.21. The van der Waals surface area contributed by atoms with E-state index in [0.717, 1.165) is 29.7 Å². The summed E-state index contributed by atoms with van der Waals surface area (Å²) in [5.74, 6) is 0.00724. The van der Waals surface area contributed by atoms with Crippen molar-refractivity contribution in [3.8, 4) is 5.69 Å². The van der Waals surface area contributed by atoms with Gasteiger partial charge in [-0.05, 0) is 49.9 Å². The Kier molecular flexibility index (Phi) is 7.09. The highest BCUT2D eigenvalue weighted by molar-refractivity contribution is 8.00. The van der Waals surface area contributed by atoms with Crippen molar-refractivity contribution in [3.05, 3.63) is 71.5 Å². The van der Waals surface area contributed by atoms with Gasteiger partial charge in [0, 0.05) is 0 Å². The summed E-state index contributed by atoms with van der Waals surface area (Å²) in [7, 11) is 0. The van der Waals surface area contributed by atoms with Gasteiger partial charge in [-0.1, -0.05) is 67.6 Å². The Morgan fingerprint density at radius 2 is 1.93 bits per heavy atom. The standard InChI is InChI=1S/C23H28N4OS/c1-5-9-20(19-10-7-6-8-11-19)25-22(28)18(4)29-23-26-24-15-27(23)21-14-16(2)12-13-17(21)3/h6-8,10-15,18,20H,5,9H2,1-4H3,(H,25,28)/t18-,20+/m0/s1. The number of nitrogens with zero attached hydrogens (tertiary/aromatic N) is 3. The Hall–Kier alpha value is -2.60. The van der Waals surface area contributed by atoms with Gasteiger partial charge in [0.15, 0.2) is 5.16 Å². The third-order valence-electron chi connectivity index (χ3n) is 4.89. The molecular formula is C23H28N4OS. The third-order valence-corrected chi connectivity index (χ3v) is 5.94. The molecule has 1 amide bonds. The monoisotopic (exact) mass is 408 g/mol. The van der Waals surface area contributed by atoms with E-state index in [9.17, 15) is 4.79 Å². The summed E-state index contributed by atoms with van der Waals surface area (Å²) in [6.07, 6.45) is 3.62. The molecule has 29 heavy (non-hydrogen) atoms. The zero-order chi connectivity index (χ0) is 20.8. The van der Waals surface area contributed by atoms with Gasteiger partial charge in [-0.3, -0.25) is 9.36 Å². The fraction of sp³-hybridized carbons (Fsp3) is 0.348. The SMILES string of the molecule is CCC[C@@H](NC(=O)[C@H](C)Sc1nncn1-c1cc(C)ccc1C)c1ccccc1. The van der Waals surface area contributed by atoms with Crippen LogP contribution in [0.15, 0.2) is 60.0 Å². The lowest BCUT2D eigenvalue weighted by molar-refractivity contribution is -0.121. The minimum Gasteiger partial charge on any atom is -0.348 e. The molecular weight excluding hydrogens is 380 g/mol. The Morgan fingerprint density at radius 3 is 2.66 bits per heavy atom. The molecule has 0 aliphatic rings. The van der Waals surface area contributed by atoms with Crippen molar-refractivity contribution in [2.45, 2.75) is 57.0 Å². The van der Waals surface area contributed by atoms with Crippen molar-refractivity contribution in [2.75, 3.05) is 0 Å². The van der Waals surface area contributed by atoms with Crippen molar-refractivity contribution >= 4 is 17.7 Å². The van der Waals surface area contributed by atoms with E-state index >= 15 is 0 Å². The average Bonchev–Trinajstić information content (AvgIpc) is 3.18. The molecule has 6 heteroatoms. The highest BCUT2D eigenvalue weighted by Crippen LogP contribution is 2.27. The van der Waals surface area contributed by atoms with Crippen LogP contribution in [0, 0.1) is 13.8 Å². The number of aromatic nitrogens is 3. The molecule has 0 aliphatic heterocycles. The summed E-state index contributed by atoms with van der Waals surface area (Å²) in [5, 5.41) is 12.0. The van der Waals surface area contributed by atoms with Crippen molar-refractivity contribution in [1.82, 2.24) is 20.1 Å². The van der Waals surface area contributed by atoms with Gasteiger partial charge in [0.2, 0.25) is 5.91 Å². The van der Waals surface area contributed by atoms with Crippen molar-refractivity contribution < 1.29 is 4.79 Å². The molecule has 0 bridgehead atoms. The number of nitrogens with one attached hydrogen (secondary N) is 1. The Bertz CT molecular complexity index is 955. The van der Waals surface area contributed by atoms with E-state index in [0.29, 0.717) is 5.16 Å². The number of benzene rings is 2. The van der Waals surface area contributed by atoms with Crippen LogP contribution < -0.4 is 5.32 Å². The smallest absolute Gasteiger partial charge is 0.233 e. The molecule has 5 nitrogen and oxygen atoms in total. The summed E-state index contributed by atoms with van der Waals surface area (Å²) in [6.45, 7) is 8.17. The number of carbonyl (C=O) groups excluding carboxylic acids is 1. The van der Waals surface area contributed by atoms with Gasteiger partial charge in [0.25, 0.3) is 0 Å². The van der Waals surface area contributed by atoms with E-state index in [1.54, 1.807) is 6.33 Å². The Balaban J connectivity index is 1.73. The van der Waals surface area contributed by atoms with Gasteiger partial charge in [0.05, 0.1) is 17.0 Å². The number of aryl methyl sites for hydroxylation is 2. The summed E-state index contributed by atoms with van der Waals surface area (Å²) < 4.78 is 1.96. The summed E-state index contributed by atoms with van der Waals surface area (Å²) in [4.78, 5) is 12.9. The van der Waals surface area contributed by atoms with Crippen LogP contribution in [0.4, 0.5) is 0 Å². The molecule has 0 aliphatic carbocycles. The second-order valence-electron chi connectivity index (χ2n) is 7.29. The number of hydrogen-bond acceptors (Lipinski definition) is 4. The maximum atomic E-state index is 12.9. The molecule has 1 N–H and O–H groups in total. The van der Waals surface area contributed by atoms with E-state index in [2.05, 4.69) is 66.6 Å². The largest absolute Gasteiger partial charge is 0.348 e. The van der Waals surface area contributed by atoms with E-state index in [-0.39, 0.29) is 17.2 Å². The van der Waals surface area contributed by atoms with Crippen molar-refractivity contribution in [1.29, 1.82) is 0 Å². The van der Waals surface area contributed by atoms with Crippen LogP contribution >= 0.6 is 11.8 Å². The second-order valence-corrected chi connectivity index (χ2v) is 8.60. The fourth-order valence-corrected chi connectivity index (χ4v) is 4.09. The maximum absolute atomic E-state index is 12.9. The topological polar surface area (TPSA) is 59.8 Å². The lowest BCUT2D eigenvalue weighted by atomic mass is 10.0. The highest BCUT2D eigenvalue weighted by Gasteiger charge is 2.22. The molecule has 3 rings (SSSR count). The molecule has 0 spiro atoms. The quantitative estimate of drug-likeness (QED) is 0.532. The molecule has 1 aromatic heterocycles. The van der Waals surface area contributed by atoms with E-state index < -0.39 is 0 Å². The summed E-state index contributed by atoms with van der Waals surface area (Å²) in [5.41, 5.74) is 4.49. The van der Waals surface area contributed by atoms with Crippen LogP contribution in [0.2, 0.25) is 0 Å². The molecule has 152 valence electrons. The molecule has 2 aromatic carbocycles. The molecule has 0 radical (unpaired) electrons. The Labute approximate surface area is 176 Å². The van der Waals surface area contributed by atoms with Gasteiger partial charge in [-0.25, -0.2) is 0 Å². The number of amides is 1. The first-order valence-corrected chi connectivity index (χ1v) is 10.9. The summed E-state index contributed by atoms with van der Waals surface area (Å²) in [6, 6.07) is 16.4. The lowest BCUT2D eigenvalue weighted by Crippen LogP contribution is -2.34. The van der Waals surface area contributed by atoms with Crippen molar-refractivity contribution in [3.63, 3.8) is 0 Å². The normalized spacial score (nSPS) is 13.1. The van der Waals surface area contributed by atoms with Crippen LogP contribution in [0.3, 0.4) is 0 Å². The van der Waals surface area contributed by atoms with Crippen LogP contribution in [0.25, 0.3) is 5.69 Å². The first kappa shape index (κ1) is 21.1. The second kappa shape index (κ2) is 9.74. The molecule has 0 fully saturated rings. The Morgan fingerprint density at radius 1 is 1.17 bits per heavy atom. The van der Waals surface area contributed by atoms with E-state index in [1.807, 2.05) is 29.7 Å². The molecule has 1 heterocycles. The van der Waals surface area contributed by atoms with Crippen LogP contribution in [0.5, 0.6) is 0 Å². The minimum absolute atomic E-state index is 0.00724. The van der Waals surface area contributed by atoms with E-state index in [1.165, 1.54) is 17.3 Å². The van der Waals surface area contributed by atoms with Crippen LogP contribution in [-0.4, -0.2) is 25.9 Å². The van der Waals surface area contributed by atoms with Gasteiger partial charge >= 0.3 is 0 Å². The molecule has 0 saturated carbocycles. The number of hydrogen-bond donors (Lipinski definition) is 1. The van der Waals surface area contributed by atoms with Gasteiger partial charge < -0.3 is 5.32 Å². The predicted octanol–water partition coefficient (Wildman–Crippen LogP) is 5.02. The molecule has 3 aromatic rings. The molecule has 2 atom stereocenters. The zero-order valence-corrected chi connectivity index (χ0v) is 18.2. The average molecular weight is 409 g/mol. The predicted molar refractivity (Wildman–Crippen MR) is 118 cm³/mol. The third kappa shape index (κ3) is 5.26. The fourth-order valence-electron chi connectivity index (χ4n) is 3.25. The zero-order valence-electron chi connectivity index (χ0n) is 17.4. The van der Waals surface area contributed by atoms with Crippen molar-refractivity contribution in [2.24, 2.45) is 0 Å². The molecule has 0 saturated heterocycles. The number of carbonyl (C=O) groups is 1. The van der Waals surface area contributed by atoms with Gasteiger partial charge in [-0.2, -0.15) is 0 Å². The van der Waals surface area contributed by atoms with Crippen LogP contribution in [0.1, 0.15) is 49.4 Å². The highest BCUT2D eigenvalue weighted by atomic mass is 32.2. The number of rotatable bonds is 8. The summed E-state index contributed by atoms with van der Waals surface area (Å²) >= 11 is 1.43. The van der Waals surface area contributed by atoms with Gasteiger partial charge in [-0.15, -0.1) is 10.2 Å². The molecule has 0 unspecified atom stereocenters. The maximum Gasteiger partial charge on any atom is 0.233 e.